The topological polar surface area (TPSA) is 110 Å². The second-order valence-corrected chi connectivity index (χ2v) is 4.27. The molecule has 21 heavy (non-hydrogen) atoms. The van der Waals surface area contributed by atoms with E-state index in [1.807, 2.05) is 6.92 Å². The van der Waals surface area contributed by atoms with Crippen molar-refractivity contribution >= 4 is 17.6 Å². The molecule has 0 saturated heterocycles. The van der Waals surface area contributed by atoms with E-state index in [0.717, 1.165) is 6.42 Å². The van der Waals surface area contributed by atoms with Crippen LogP contribution in [0.25, 0.3) is 0 Å². The number of carbonyl (C=O) groups is 2. The average Bonchev–Trinajstić information content (AvgIpc) is 2.98. The van der Waals surface area contributed by atoms with Gasteiger partial charge in [0.25, 0.3) is 0 Å². The monoisotopic (exact) mass is 289 g/mol. The number of aromatic amines is 1. The maximum absolute atomic E-state index is 11.7. The molecule has 0 unspecified atom stereocenters. The van der Waals surface area contributed by atoms with Crippen LogP contribution in [0.3, 0.4) is 0 Å². The minimum atomic E-state index is -0.374. The molecule has 110 valence electrons. The summed E-state index contributed by atoms with van der Waals surface area (Å²) in [6.07, 6.45) is 0.798. The Kier molecular flexibility index (Phi) is 4.97. The fraction of sp³-hybridized carbons (Fsp3) is 0.308. The molecule has 0 radical (unpaired) electrons. The van der Waals surface area contributed by atoms with Crippen LogP contribution < -0.4 is 5.32 Å². The molecule has 2 rings (SSSR count). The van der Waals surface area contributed by atoms with Gasteiger partial charge >= 0.3 is 5.97 Å². The Labute approximate surface area is 120 Å². The first-order chi connectivity index (χ1) is 10.2. The number of anilines is 1. The minimum Gasteiger partial charge on any atom is -0.462 e. The number of benzene rings is 1. The smallest absolute Gasteiger partial charge is 0.338 e. The number of esters is 1. The third kappa shape index (κ3) is 4.37. The number of amides is 1. The zero-order valence-electron chi connectivity index (χ0n) is 11.5. The number of carbonyl (C=O) groups excluding carboxylic acids is 2. The highest BCUT2D eigenvalue weighted by Gasteiger charge is 2.09. The molecule has 0 saturated carbocycles. The number of ether oxygens (including phenoxy) is 1. The van der Waals surface area contributed by atoms with Crippen LogP contribution in [0.5, 0.6) is 0 Å². The Hall–Kier alpha value is -2.77. The summed E-state index contributed by atoms with van der Waals surface area (Å²) in [6, 6.07) is 6.47. The lowest BCUT2D eigenvalue weighted by molar-refractivity contribution is -0.115. The van der Waals surface area contributed by atoms with E-state index in [-0.39, 0.29) is 18.3 Å². The molecule has 1 amide bonds. The highest BCUT2D eigenvalue weighted by Crippen LogP contribution is 2.11. The largest absolute Gasteiger partial charge is 0.462 e. The normalized spacial score (nSPS) is 10.1. The highest BCUT2D eigenvalue weighted by atomic mass is 16.5. The van der Waals surface area contributed by atoms with Crippen molar-refractivity contribution in [2.24, 2.45) is 0 Å². The van der Waals surface area contributed by atoms with Gasteiger partial charge in [-0.25, -0.2) is 4.79 Å². The summed E-state index contributed by atoms with van der Waals surface area (Å²) in [5.74, 6) is -0.327. The van der Waals surface area contributed by atoms with Gasteiger partial charge in [0.15, 0.2) is 5.82 Å². The molecule has 2 N–H and O–H groups in total. The van der Waals surface area contributed by atoms with Gasteiger partial charge in [-0.1, -0.05) is 12.1 Å². The minimum absolute atomic E-state index is 0.0246. The van der Waals surface area contributed by atoms with Crippen LogP contribution in [-0.4, -0.2) is 39.1 Å². The molecule has 0 spiro atoms. The lowest BCUT2D eigenvalue weighted by atomic mass is 10.2. The Bertz CT molecular complexity index is 595. The van der Waals surface area contributed by atoms with E-state index in [9.17, 15) is 9.59 Å². The number of hydrogen-bond donors (Lipinski definition) is 2. The SMILES string of the molecule is CCCOC(=O)c1ccc(NC(=O)Cc2nn[nH]n2)cc1. The third-order valence-electron chi connectivity index (χ3n) is 2.55. The molecule has 0 atom stereocenters. The van der Waals surface area contributed by atoms with Gasteiger partial charge in [-0.05, 0) is 30.7 Å². The van der Waals surface area contributed by atoms with Gasteiger partial charge in [-0.15, -0.1) is 10.2 Å². The van der Waals surface area contributed by atoms with E-state index in [1.165, 1.54) is 0 Å². The van der Waals surface area contributed by atoms with Crippen molar-refractivity contribution in [1.82, 2.24) is 20.6 Å². The van der Waals surface area contributed by atoms with E-state index in [1.54, 1.807) is 24.3 Å². The van der Waals surface area contributed by atoms with Gasteiger partial charge < -0.3 is 10.1 Å². The van der Waals surface area contributed by atoms with Crippen molar-refractivity contribution in [2.45, 2.75) is 19.8 Å². The average molecular weight is 289 g/mol. The van der Waals surface area contributed by atoms with E-state index < -0.39 is 0 Å². The first kappa shape index (κ1) is 14.6. The summed E-state index contributed by atoms with van der Waals surface area (Å²) in [5, 5.41) is 15.7. The quantitative estimate of drug-likeness (QED) is 0.766. The number of aromatic nitrogens is 4. The first-order valence-electron chi connectivity index (χ1n) is 6.48. The zero-order valence-corrected chi connectivity index (χ0v) is 11.5. The van der Waals surface area contributed by atoms with Crippen molar-refractivity contribution in [1.29, 1.82) is 0 Å². The molecule has 0 aliphatic rings. The number of tetrazole rings is 1. The van der Waals surface area contributed by atoms with Gasteiger partial charge in [-0.3, -0.25) is 4.79 Å². The zero-order chi connectivity index (χ0) is 15.1. The predicted molar refractivity (Wildman–Crippen MR) is 73.5 cm³/mol. The molecule has 1 aromatic heterocycles. The third-order valence-corrected chi connectivity index (χ3v) is 2.55. The maximum atomic E-state index is 11.7. The molecule has 8 heteroatoms. The lowest BCUT2D eigenvalue weighted by Gasteiger charge is -2.06. The van der Waals surface area contributed by atoms with Crippen molar-refractivity contribution in [3.8, 4) is 0 Å². The fourth-order valence-electron chi connectivity index (χ4n) is 1.57. The number of nitrogens with zero attached hydrogens (tertiary/aromatic N) is 3. The van der Waals surface area contributed by atoms with Gasteiger partial charge in [0, 0.05) is 5.69 Å². The number of hydrogen-bond acceptors (Lipinski definition) is 6. The van der Waals surface area contributed by atoms with Gasteiger partial charge in [-0.2, -0.15) is 5.21 Å². The number of nitrogens with one attached hydrogen (secondary N) is 2. The van der Waals surface area contributed by atoms with Crippen LogP contribution in [-0.2, 0) is 16.0 Å². The molecule has 0 aliphatic carbocycles. The summed E-state index contributed by atoms with van der Waals surface area (Å²) in [4.78, 5) is 23.3. The molecule has 2 aromatic rings. The van der Waals surface area contributed by atoms with Crippen LogP contribution >= 0.6 is 0 Å². The van der Waals surface area contributed by atoms with Crippen molar-refractivity contribution < 1.29 is 14.3 Å². The molecule has 0 aliphatic heterocycles. The van der Waals surface area contributed by atoms with Crippen molar-refractivity contribution in [2.75, 3.05) is 11.9 Å². The number of H-pyrrole nitrogens is 1. The number of rotatable bonds is 6. The molecule has 0 fully saturated rings. The van der Waals surface area contributed by atoms with E-state index in [0.29, 0.717) is 23.7 Å². The lowest BCUT2D eigenvalue weighted by Crippen LogP contribution is -2.15. The van der Waals surface area contributed by atoms with Crippen LogP contribution in [0.1, 0.15) is 29.5 Å². The van der Waals surface area contributed by atoms with E-state index in [2.05, 4.69) is 25.9 Å². The van der Waals surface area contributed by atoms with Crippen molar-refractivity contribution in [3.05, 3.63) is 35.7 Å². The van der Waals surface area contributed by atoms with Gasteiger partial charge in [0.05, 0.1) is 18.6 Å². The summed E-state index contributed by atoms with van der Waals surface area (Å²) in [7, 11) is 0. The van der Waals surface area contributed by atoms with Crippen LogP contribution in [0.15, 0.2) is 24.3 Å². The first-order valence-corrected chi connectivity index (χ1v) is 6.48. The Morgan fingerprint density at radius 1 is 1.29 bits per heavy atom. The molecule has 0 bridgehead atoms. The standard InChI is InChI=1S/C13H15N5O3/c1-2-7-21-13(20)9-3-5-10(6-4-9)14-12(19)8-11-15-17-18-16-11/h3-6H,2,7-8H2,1H3,(H,14,19)(H,15,16,17,18). The molecule has 1 aromatic carbocycles. The molecular weight excluding hydrogens is 274 g/mol. The molecular formula is C13H15N5O3. The Morgan fingerprint density at radius 2 is 2.05 bits per heavy atom. The second kappa shape index (κ2) is 7.13. The van der Waals surface area contributed by atoms with Gasteiger partial charge in [0.2, 0.25) is 5.91 Å². The Balaban J connectivity index is 1.90. The van der Waals surface area contributed by atoms with Crippen LogP contribution in [0.4, 0.5) is 5.69 Å². The van der Waals surface area contributed by atoms with Crippen LogP contribution in [0.2, 0.25) is 0 Å². The highest BCUT2D eigenvalue weighted by molar-refractivity contribution is 5.93. The predicted octanol–water partition coefficient (Wildman–Crippen LogP) is 0.948. The molecule has 8 nitrogen and oxygen atoms in total. The molecule has 1 heterocycles. The summed E-state index contributed by atoms with van der Waals surface area (Å²) in [6.45, 7) is 2.32. The van der Waals surface area contributed by atoms with Gasteiger partial charge in [0.1, 0.15) is 0 Å². The maximum Gasteiger partial charge on any atom is 0.338 e. The fourth-order valence-corrected chi connectivity index (χ4v) is 1.57. The van der Waals surface area contributed by atoms with E-state index in [4.69, 9.17) is 4.74 Å². The Morgan fingerprint density at radius 3 is 2.67 bits per heavy atom. The van der Waals surface area contributed by atoms with Crippen molar-refractivity contribution in [3.63, 3.8) is 0 Å². The second-order valence-electron chi connectivity index (χ2n) is 4.27. The summed E-state index contributed by atoms with van der Waals surface area (Å²) >= 11 is 0. The summed E-state index contributed by atoms with van der Waals surface area (Å²) < 4.78 is 5.02. The summed E-state index contributed by atoms with van der Waals surface area (Å²) in [5.41, 5.74) is 1.02. The van der Waals surface area contributed by atoms with E-state index >= 15 is 0 Å². The van der Waals surface area contributed by atoms with Crippen LogP contribution in [0, 0.1) is 0 Å².